The summed E-state index contributed by atoms with van der Waals surface area (Å²) in [7, 11) is 1.62. The van der Waals surface area contributed by atoms with Gasteiger partial charge in [-0.1, -0.05) is 13.0 Å². The summed E-state index contributed by atoms with van der Waals surface area (Å²) in [5.74, 6) is -0.105. The van der Waals surface area contributed by atoms with Crippen LogP contribution in [0.2, 0.25) is 0 Å². The monoisotopic (exact) mass is 321 g/mol. The Balaban J connectivity index is 1.75. The number of hydrogen-bond acceptors (Lipinski definition) is 5. The van der Waals surface area contributed by atoms with Crippen molar-refractivity contribution in [2.75, 3.05) is 20.2 Å². The second-order valence-corrected chi connectivity index (χ2v) is 6.22. The van der Waals surface area contributed by atoms with Crippen LogP contribution in [-0.4, -0.2) is 59.3 Å². The third kappa shape index (κ3) is 5.18. The summed E-state index contributed by atoms with van der Waals surface area (Å²) >= 11 is 0. The number of nitrogens with zero attached hydrogens (tertiary/aromatic N) is 2. The maximum atomic E-state index is 10.9. The molecule has 1 atom stereocenters. The lowest BCUT2D eigenvalue weighted by molar-refractivity contribution is -0.139. The van der Waals surface area contributed by atoms with E-state index < -0.39 is 5.97 Å². The molecule has 6 nitrogen and oxygen atoms in total. The number of rotatable bonds is 9. The van der Waals surface area contributed by atoms with E-state index in [1.807, 2.05) is 30.0 Å². The predicted octanol–water partition coefficient (Wildman–Crippen LogP) is 1.55. The van der Waals surface area contributed by atoms with Gasteiger partial charge in [0, 0.05) is 36.3 Å². The number of aliphatic carboxylic acids is 1. The van der Waals surface area contributed by atoms with E-state index in [0.29, 0.717) is 24.0 Å². The summed E-state index contributed by atoms with van der Waals surface area (Å²) in [6, 6.07) is 6.99. The highest BCUT2D eigenvalue weighted by atomic mass is 16.5. The Morgan fingerprint density at radius 3 is 2.87 bits per heavy atom. The molecule has 2 N–H and O–H groups in total. The molecule has 1 aliphatic carbocycles. The van der Waals surface area contributed by atoms with Crippen LogP contribution in [0.15, 0.2) is 18.2 Å². The van der Waals surface area contributed by atoms with Crippen LogP contribution in [-0.2, 0) is 11.2 Å². The van der Waals surface area contributed by atoms with E-state index >= 15 is 0 Å². The van der Waals surface area contributed by atoms with Gasteiger partial charge in [0.05, 0.1) is 13.7 Å². The van der Waals surface area contributed by atoms with E-state index in [-0.39, 0.29) is 6.54 Å². The Hall–Kier alpha value is -1.66. The van der Waals surface area contributed by atoms with E-state index in [9.17, 15) is 4.79 Å². The van der Waals surface area contributed by atoms with Gasteiger partial charge in [-0.25, -0.2) is 4.98 Å². The number of carboxylic acid groups (broad SMARTS) is 1. The minimum atomic E-state index is -0.749. The number of methoxy groups -OCH3 is 1. The topological polar surface area (TPSA) is 74.7 Å². The molecule has 128 valence electrons. The van der Waals surface area contributed by atoms with Gasteiger partial charge in [0.25, 0.3) is 0 Å². The molecule has 1 saturated carbocycles. The number of likely N-dealkylation sites (N-methyl/N-ethyl adjacent to an activating group) is 1. The predicted molar refractivity (Wildman–Crippen MR) is 88.8 cm³/mol. The molecule has 0 aliphatic heterocycles. The Labute approximate surface area is 137 Å². The number of carbonyl (C=O) groups is 1. The third-order valence-corrected chi connectivity index (χ3v) is 4.40. The Morgan fingerprint density at radius 1 is 1.52 bits per heavy atom. The Kier molecular flexibility index (Phi) is 6.36. The van der Waals surface area contributed by atoms with Gasteiger partial charge in [-0.2, -0.15) is 0 Å². The van der Waals surface area contributed by atoms with E-state index in [1.54, 1.807) is 7.11 Å². The van der Waals surface area contributed by atoms with Crippen molar-refractivity contribution in [1.82, 2.24) is 15.2 Å². The number of hydrogen-bond donors (Lipinski definition) is 2. The van der Waals surface area contributed by atoms with Crippen LogP contribution in [0.3, 0.4) is 0 Å². The zero-order chi connectivity index (χ0) is 16.8. The van der Waals surface area contributed by atoms with E-state index in [4.69, 9.17) is 9.84 Å². The number of ether oxygens (including phenoxy) is 1. The summed E-state index contributed by atoms with van der Waals surface area (Å²) in [6.45, 7) is 5.09. The van der Waals surface area contributed by atoms with Gasteiger partial charge >= 0.3 is 5.97 Å². The highest BCUT2D eigenvalue weighted by molar-refractivity contribution is 5.69. The molecule has 2 rings (SSSR count). The molecule has 1 aliphatic rings. The molecule has 0 saturated heterocycles. The first-order chi connectivity index (χ1) is 11.0. The average molecular weight is 321 g/mol. The summed E-state index contributed by atoms with van der Waals surface area (Å²) in [4.78, 5) is 17.3. The van der Waals surface area contributed by atoms with Crippen molar-refractivity contribution in [3.63, 3.8) is 0 Å². The Morgan fingerprint density at radius 2 is 2.26 bits per heavy atom. The SMILES string of the molecule is CCN(CC(=O)O)C1CC(NC(C)Cc2cccc(OC)n2)C1. The number of nitrogens with one attached hydrogen (secondary N) is 1. The van der Waals surface area contributed by atoms with E-state index in [0.717, 1.165) is 31.5 Å². The van der Waals surface area contributed by atoms with Crippen LogP contribution < -0.4 is 10.1 Å². The van der Waals surface area contributed by atoms with Crippen LogP contribution in [0.1, 0.15) is 32.4 Å². The van der Waals surface area contributed by atoms with Crippen molar-refractivity contribution >= 4 is 5.97 Å². The number of carboxylic acids is 1. The van der Waals surface area contributed by atoms with Gasteiger partial charge < -0.3 is 15.2 Å². The molecule has 6 heteroatoms. The Bertz CT molecular complexity index is 518. The summed E-state index contributed by atoms with van der Waals surface area (Å²) < 4.78 is 5.15. The molecule has 0 aromatic carbocycles. The third-order valence-electron chi connectivity index (χ3n) is 4.40. The van der Waals surface area contributed by atoms with Crippen molar-refractivity contribution in [2.24, 2.45) is 0 Å². The molecule has 1 aromatic heterocycles. The fourth-order valence-corrected chi connectivity index (χ4v) is 3.15. The second-order valence-electron chi connectivity index (χ2n) is 6.22. The van der Waals surface area contributed by atoms with Crippen molar-refractivity contribution in [1.29, 1.82) is 0 Å². The quantitative estimate of drug-likeness (QED) is 0.719. The lowest BCUT2D eigenvalue weighted by Gasteiger charge is -2.43. The lowest BCUT2D eigenvalue weighted by atomic mass is 9.84. The van der Waals surface area contributed by atoms with Crippen LogP contribution in [0.25, 0.3) is 0 Å². The number of aromatic nitrogens is 1. The summed E-state index contributed by atoms with van der Waals surface area (Å²) in [5, 5.41) is 12.5. The minimum absolute atomic E-state index is 0.136. The van der Waals surface area contributed by atoms with Crippen molar-refractivity contribution in [3.8, 4) is 5.88 Å². The van der Waals surface area contributed by atoms with Gasteiger partial charge in [-0.3, -0.25) is 9.69 Å². The summed E-state index contributed by atoms with van der Waals surface area (Å²) in [5.41, 5.74) is 1.02. The van der Waals surface area contributed by atoms with Gasteiger partial charge in [0.15, 0.2) is 0 Å². The van der Waals surface area contributed by atoms with E-state index in [2.05, 4.69) is 17.2 Å². The number of pyridine rings is 1. The molecular weight excluding hydrogens is 294 g/mol. The van der Waals surface area contributed by atoms with Gasteiger partial charge in [0.2, 0.25) is 5.88 Å². The molecule has 1 fully saturated rings. The van der Waals surface area contributed by atoms with E-state index in [1.165, 1.54) is 0 Å². The largest absolute Gasteiger partial charge is 0.481 e. The van der Waals surface area contributed by atoms with Gasteiger partial charge in [0.1, 0.15) is 0 Å². The molecular formula is C17H27N3O3. The van der Waals surface area contributed by atoms with Crippen molar-refractivity contribution in [2.45, 2.75) is 51.2 Å². The first-order valence-electron chi connectivity index (χ1n) is 8.23. The second kappa shape index (κ2) is 8.26. The fourth-order valence-electron chi connectivity index (χ4n) is 3.15. The lowest BCUT2D eigenvalue weighted by Crippen LogP contribution is -2.55. The normalized spacial score (nSPS) is 21.7. The maximum Gasteiger partial charge on any atom is 0.317 e. The molecule has 1 aromatic rings. The van der Waals surface area contributed by atoms with Gasteiger partial charge in [-0.15, -0.1) is 0 Å². The minimum Gasteiger partial charge on any atom is -0.481 e. The molecule has 23 heavy (non-hydrogen) atoms. The standard InChI is InChI=1S/C17H27N3O3/c1-4-20(11-17(21)22)15-9-14(10-15)18-12(2)8-13-6-5-7-16(19-13)23-3/h5-7,12,14-15,18H,4,8-11H2,1-3H3,(H,21,22). The summed E-state index contributed by atoms with van der Waals surface area (Å²) in [6.07, 6.45) is 2.87. The van der Waals surface area contributed by atoms with Crippen molar-refractivity contribution < 1.29 is 14.6 Å². The van der Waals surface area contributed by atoms with Gasteiger partial charge in [-0.05, 0) is 32.4 Å². The average Bonchev–Trinajstić information content (AvgIpc) is 2.48. The fraction of sp³-hybridized carbons (Fsp3) is 0.647. The zero-order valence-corrected chi connectivity index (χ0v) is 14.2. The molecule has 1 heterocycles. The van der Waals surface area contributed by atoms with Crippen molar-refractivity contribution in [3.05, 3.63) is 23.9 Å². The van der Waals surface area contributed by atoms with Crippen LogP contribution >= 0.6 is 0 Å². The first-order valence-corrected chi connectivity index (χ1v) is 8.23. The molecule has 0 bridgehead atoms. The van der Waals surface area contributed by atoms with Crippen LogP contribution in [0.5, 0.6) is 5.88 Å². The van der Waals surface area contributed by atoms with Crippen LogP contribution in [0.4, 0.5) is 0 Å². The zero-order valence-electron chi connectivity index (χ0n) is 14.2. The highest BCUT2D eigenvalue weighted by Gasteiger charge is 2.34. The van der Waals surface area contributed by atoms with Crippen LogP contribution in [0, 0.1) is 0 Å². The molecule has 0 radical (unpaired) electrons. The molecule has 0 spiro atoms. The highest BCUT2D eigenvalue weighted by Crippen LogP contribution is 2.26. The molecule has 1 unspecified atom stereocenters. The molecule has 0 amide bonds. The smallest absolute Gasteiger partial charge is 0.317 e. The maximum absolute atomic E-state index is 10.9. The first kappa shape index (κ1) is 17.7.